The number of hydrogen-bond donors (Lipinski definition) is 1. The number of ether oxygens (including phenoxy) is 1. The first kappa shape index (κ1) is 13.4. The van der Waals surface area contributed by atoms with Gasteiger partial charge in [-0.3, -0.25) is 0 Å². The molecular weight excluding hydrogens is 258 g/mol. The van der Waals surface area contributed by atoms with Gasteiger partial charge >= 0.3 is 0 Å². The summed E-state index contributed by atoms with van der Waals surface area (Å²) in [6.07, 6.45) is 7.83. The first-order valence-electron chi connectivity index (χ1n) is 7.41. The minimum atomic E-state index is 0.0573. The second kappa shape index (κ2) is 5.82. The van der Waals surface area contributed by atoms with Crippen molar-refractivity contribution in [2.24, 2.45) is 0 Å². The van der Waals surface area contributed by atoms with E-state index in [1.807, 2.05) is 18.2 Å². The predicted octanol–water partition coefficient (Wildman–Crippen LogP) is 4.09. The Labute approximate surface area is 120 Å². The smallest absolute Gasteiger partial charge is 0.0957 e. The summed E-state index contributed by atoms with van der Waals surface area (Å²) in [6.45, 7) is 1.89. The van der Waals surface area contributed by atoms with Crippen molar-refractivity contribution in [2.45, 2.75) is 50.2 Å². The van der Waals surface area contributed by atoms with Gasteiger partial charge in [0.2, 0.25) is 0 Å². The molecule has 0 amide bonds. The number of benzene rings is 1. The van der Waals surface area contributed by atoms with Crippen LogP contribution in [-0.2, 0) is 4.74 Å². The number of hydrogen-bond acceptors (Lipinski definition) is 2. The molecule has 1 heterocycles. The van der Waals surface area contributed by atoms with Crippen molar-refractivity contribution in [3.63, 3.8) is 0 Å². The van der Waals surface area contributed by atoms with Crippen LogP contribution in [-0.4, -0.2) is 18.7 Å². The molecule has 0 radical (unpaired) electrons. The summed E-state index contributed by atoms with van der Waals surface area (Å²) in [5, 5.41) is 4.37. The molecule has 3 rings (SSSR count). The molecule has 2 aliphatic rings. The van der Waals surface area contributed by atoms with Crippen molar-refractivity contribution in [3.05, 3.63) is 34.9 Å². The van der Waals surface area contributed by atoms with Gasteiger partial charge in [-0.15, -0.1) is 0 Å². The fourth-order valence-electron chi connectivity index (χ4n) is 3.38. The maximum atomic E-state index is 6.51. The van der Waals surface area contributed by atoms with Crippen LogP contribution in [0.5, 0.6) is 0 Å². The van der Waals surface area contributed by atoms with Crippen LogP contribution in [0, 0.1) is 0 Å². The highest BCUT2D eigenvalue weighted by atomic mass is 35.5. The van der Waals surface area contributed by atoms with E-state index in [1.165, 1.54) is 44.1 Å². The third-order valence-corrected chi connectivity index (χ3v) is 4.64. The Balaban J connectivity index is 1.77. The zero-order chi connectivity index (χ0) is 13.1. The normalized spacial score (nSPS) is 27.1. The molecule has 0 bridgehead atoms. The van der Waals surface area contributed by atoms with E-state index in [-0.39, 0.29) is 11.7 Å². The predicted molar refractivity (Wildman–Crippen MR) is 78.6 cm³/mol. The van der Waals surface area contributed by atoms with Crippen LogP contribution in [0.15, 0.2) is 24.3 Å². The standard InChI is InChI=1S/C16H22ClNO/c17-14-7-5-6-13(10-14)15-11-18-12-16(19-15)8-3-1-2-4-9-16/h5-7,10,15,18H,1-4,8-9,11-12H2. The third-order valence-electron chi connectivity index (χ3n) is 4.40. The van der Waals surface area contributed by atoms with Gasteiger partial charge < -0.3 is 10.1 Å². The molecule has 1 saturated heterocycles. The maximum Gasteiger partial charge on any atom is 0.0957 e. The van der Waals surface area contributed by atoms with Gasteiger partial charge in [-0.1, -0.05) is 49.4 Å². The van der Waals surface area contributed by atoms with Crippen LogP contribution in [0.2, 0.25) is 5.02 Å². The van der Waals surface area contributed by atoms with E-state index >= 15 is 0 Å². The highest BCUT2D eigenvalue weighted by molar-refractivity contribution is 6.30. The lowest BCUT2D eigenvalue weighted by atomic mass is 9.91. The molecule has 1 aromatic rings. The summed E-state index contributed by atoms with van der Waals surface area (Å²) in [4.78, 5) is 0. The lowest BCUT2D eigenvalue weighted by Crippen LogP contribution is -2.50. The first-order chi connectivity index (χ1) is 9.27. The molecular formula is C16H22ClNO. The molecule has 2 fully saturated rings. The van der Waals surface area contributed by atoms with Crippen LogP contribution >= 0.6 is 11.6 Å². The molecule has 1 spiro atoms. The van der Waals surface area contributed by atoms with Crippen molar-refractivity contribution in [1.29, 1.82) is 0 Å². The largest absolute Gasteiger partial charge is 0.364 e. The zero-order valence-corrected chi connectivity index (χ0v) is 12.1. The molecule has 1 unspecified atom stereocenters. The van der Waals surface area contributed by atoms with Gasteiger partial charge in [0.1, 0.15) is 0 Å². The summed E-state index contributed by atoms with van der Waals surface area (Å²) in [7, 11) is 0. The van der Waals surface area contributed by atoms with E-state index in [9.17, 15) is 0 Å². The van der Waals surface area contributed by atoms with Crippen LogP contribution in [0.3, 0.4) is 0 Å². The summed E-state index contributed by atoms with van der Waals surface area (Å²) in [5.74, 6) is 0. The van der Waals surface area contributed by atoms with Crippen molar-refractivity contribution < 1.29 is 4.74 Å². The van der Waals surface area contributed by atoms with E-state index in [0.717, 1.165) is 18.1 Å². The second-order valence-corrected chi connectivity index (χ2v) is 6.33. The van der Waals surface area contributed by atoms with Gasteiger partial charge in [0.05, 0.1) is 11.7 Å². The molecule has 19 heavy (non-hydrogen) atoms. The van der Waals surface area contributed by atoms with Crippen LogP contribution in [0.4, 0.5) is 0 Å². The van der Waals surface area contributed by atoms with E-state index in [4.69, 9.17) is 16.3 Å². The van der Waals surface area contributed by atoms with Crippen LogP contribution in [0.25, 0.3) is 0 Å². The van der Waals surface area contributed by atoms with Crippen LogP contribution in [0.1, 0.15) is 50.2 Å². The fraction of sp³-hybridized carbons (Fsp3) is 0.625. The van der Waals surface area contributed by atoms with E-state index in [2.05, 4.69) is 11.4 Å². The first-order valence-corrected chi connectivity index (χ1v) is 7.79. The minimum absolute atomic E-state index is 0.0573. The highest BCUT2D eigenvalue weighted by Crippen LogP contribution is 2.37. The Morgan fingerprint density at radius 2 is 1.95 bits per heavy atom. The van der Waals surface area contributed by atoms with E-state index in [0.29, 0.717) is 0 Å². The topological polar surface area (TPSA) is 21.3 Å². The average molecular weight is 280 g/mol. The zero-order valence-electron chi connectivity index (χ0n) is 11.3. The van der Waals surface area contributed by atoms with Crippen molar-refractivity contribution in [2.75, 3.05) is 13.1 Å². The number of nitrogens with one attached hydrogen (secondary N) is 1. The second-order valence-electron chi connectivity index (χ2n) is 5.89. The van der Waals surface area contributed by atoms with Gasteiger partial charge in [0, 0.05) is 18.1 Å². The molecule has 1 aromatic carbocycles. The molecule has 1 saturated carbocycles. The SMILES string of the molecule is Clc1cccc(C2CNCC3(CCCCCC3)O2)c1. The fourth-order valence-corrected chi connectivity index (χ4v) is 3.58. The van der Waals surface area contributed by atoms with Gasteiger partial charge in [-0.25, -0.2) is 0 Å². The highest BCUT2D eigenvalue weighted by Gasteiger charge is 2.37. The third kappa shape index (κ3) is 3.13. The molecule has 1 atom stereocenters. The maximum absolute atomic E-state index is 6.51. The summed E-state index contributed by atoms with van der Waals surface area (Å²) >= 11 is 6.09. The molecule has 104 valence electrons. The summed E-state index contributed by atoms with van der Waals surface area (Å²) < 4.78 is 6.51. The minimum Gasteiger partial charge on any atom is -0.364 e. The van der Waals surface area contributed by atoms with E-state index < -0.39 is 0 Å². The van der Waals surface area contributed by atoms with Crippen LogP contribution < -0.4 is 5.32 Å². The van der Waals surface area contributed by atoms with Crippen molar-refractivity contribution in [3.8, 4) is 0 Å². The molecule has 1 aliphatic carbocycles. The summed E-state index contributed by atoms with van der Waals surface area (Å²) in [5.41, 5.74) is 1.25. The number of halogens is 1. The number of rotatable bonds is 1. The quantitative estimate of drug-likeness (QED) is 0.836. The molecule has 1 aliphatic heterocycles. The molecule has 3 heteroatoms. The Hall–Kier alpha value is -0.570. The van der Waals surface area contributed by atoms with Crippen molar-refractivity contribution in [1.82, 2.24) is 5.32 Å². The van der Waals surface area contributed by atoms with Crippen molar-refractivity contribution >= 4 is 11.6 Å². The van der Waals surface area contributed by atoms with E-state index in [1.54, 1.807) is 0 Å². The monoisotopic (exact) mass is 279 g/mol. The Bertz CT molecular complexity index is 427. The van der Waals surface area contributed by atoms with Gasteiger partial charge in [-0.05, 0) is 30.5 Å². The van der Waals surface area contributed by atoms with Gasteiger partial charge in [0.25, 0.3) is 0 Å². The molecule has 2 nitrogen and oxygen atoms in total. The lowest BCUT2D eigenvalue weighted by Gasteiger charge is -2.41. The van der Waals surface area contributed by atoms with Gasteiger partial charge in [0.15, 0.2) is 0 Å². The lowest BCUT2D eigenvalue weighted by molar-refractivity contribution is -0.126. The summed E-state index contributed by atoms with van der Waals surface area (Å²) in [6, 6.07) is 8.08. The average Bonchev–Trinajstić information content (AvgIpc) is 2.65. The molecule has 0 aromatic heterocycles. The Morgan fingerprint density at radius 1 is 1.16 bits per heavy atom. The Morgan fingerprint density at radius 3 is 2.68 bits per heavy atom. The molecule has 1 N–H and O–H groups in total. The Kier molecular flexibility index (Phi) is 4.11. The number of morpholine rings is 1. The van der Waals surface area contributed by atoms with Gasteiger partial charge in [-0.2, -0.15) is 0 Å².